The third-order valence-electron chi connectivity index (χ3n) is 2.93. The van der Waals surface area contributed by atoms with Crippen LogP contribution in [0.25, 0.3) is 0 Å². The van der Waals surface area contributed by atoms with Gasteiger partial charge in [-0.2, -0.15) is 0 Å². The van der Waals surface area contributed by atoms with Crippen molar-refractivity contribution < 1.29 is 4.74 Å². The molecule has 0 bridgehead atoms. The van der Waals surface area contributed by atoms with Crippen LogP contribution in [0.2, 0.25) is 0 Å². The second-order valence-electron chi connectivity index (χ2n) is 4.59. The number of nitrogens with zero attached hydrogens (tertiary/aromatic N) is 3. The molecule has 1 saturated carbocycles. The highest BCUT2D eigenvalue weighted by Crippen LogP contribution is 2.19. The SMILES string of the molecule is c1cnc(COc2ccc(CNC3CC3)nc2)nc1. The van der Waals surface area contributed by atoms with Gasteiger partial charge in [-0.05, 0) is 31.0 Å². The molecule has 2 aromatic heterocycles. The molecule has 5 heteroatoms. The first kappa shape index (κ1) is 12.0. The number of aromatic nitrogens is 3. The average Bonchev–Trinajstić information content (AvgIpc) is 3.29. The molecular formula is C14H16N4O. The van der Waals surface area contributed by atoms with Crippen molar-refractivity contribution >= 4 is 0 Å². The molecule has 0 atom stereocenters. The standard InChI is InChI=1S/C14H16N4O/c1-6-15-14(16-7-1)10-19-13-5-4-12(18-9-13)8-17-11-2-3-11/h1,4-7,9,11,17H,2-3,8,10H2. The fourth-order valence-corrected chi connectivity index (χ4v) is 1.69. The van der Waals surface area contributed by atoms with E-state index in [-0.39, 0.29) is 0 Å². The molecule has 1 fully saturated rings. The maximum absolute atomic E-state index is 5.58. The minimum Gasteiger partial charge on any atom is -0.484 e. The van der Waals surface area contributed by atoms with Crippen molar-refractivity contribution in [3.05, 3.63) is 48.3 Å². The Hall–Kier alpha value is -2.01. The molecule has 1 aliphatic rings. The van der Waals surface area contributed by atoms with Gasteiger partial charge < -0.3 is 10.1 Å². The van der Waals surface area contributed by atoms with Gasteiger partial charge in [-0.1, -0.05) is 0 Å². The summed E-state index contributed by atoms with van der Waals surface area (Å²) in [6.07, 6.45) is 7.73. The summed E-state index contributed by atoms with van der Waals surface area (Å²) in [5.41, 5.74) is 1.04. The quantitative estimate of drug-likeness (QED) is 0.852. The molecule has 0 spiro atoms. The highest BCUT2D eigenvalue weighted by molar-refractivity contribution is 5.20. The van der Waals surface area contributed by atoms with Crippen molar-refractivity contribution in [3.8, 4) is 5.75 Å². The van der Waals surface area contributed by atoms with E-state index in [1.54, 1.807) is 24.7 Å². The maximum atomic E-state index is 5.58. The Kier molecular flexibility index (Phi) is 3.65. The van der Waals surface area contributed by atoms with Gasteiger partial charge in [0.15, 0.2) is 5.82 Å². The zero-order valence-corrected chi connectivity index (χ0v) is 10.6. The summed E-state index contributed by atoms with van der Waals surface area (Å²) in [7, 11) is 0. The van der Waals surface area contributed by atoms with E-state index in [1.807, 2.05) is 12.1 Å². The van der Waals surface area contributed by atoms with Crippen LogP contribution in [-0.4, -0.2) is 21.0 Å². The van der Waals surface area contributed by atoms with Gasteiger partial charge in [-0.25, -0.2) is 9.97 Å². The Morgan fingerprint density at radius 2 is 2.00 bits per heavy atom. The molecule has 98 valence electrons. The van der Waals surface area contributed by atoms with Gasteiger partial charge in [0.25, 0.3) is 0 Å². The first-order valence-electron chi connectivity index (χ1n) is 6.47. The Bertz CT molecular complexity index is 511. The molecule has 0 aromatic carbocycles. The lowest BCUT2D eigenvalue weighted by Crippen LogP contribution is -2.16. The summed E-state index contributed by atoms with van der Waals surface area (Å²) in [6.45, 7) is 1.19. The minimum atomic E-state index is 0.363. The zero-order chi connectivity index (χ0) is 12.9. The van der Waals surface area contributed by atoms with Crippen LogP contribution in [0.4, 0.5) is 0 Å². The van der Waals surface area contributed by atoms with Crippen LogP contribution in [-0.2, 0) is 13.2 Å². The summed E-state index contributed by atoms with van der Waals surface area (Å²) in [4.78, 5) is 12.6. The Balaban J connectivity index is 1.50. The molecular weight excluding hydrogens is 240 g/mol. The summed E-state index contributed by atoms with van der Waals surface area (Å²) in [5.74, 6) is 1.41. The Morgan fingerprint density at radius 3 is 2.68 bits per heavy atom. The topological polar surface area (TPSA) is 59.9 Å². The first-order valence-corrected chi connectivity index (χ1v) is 6.47. The largest absolute Gasteiger partial charge is 0.484 e. The van der Waals surface area contributed by atoms with E-state index in [0.29, 0.717) is 18.5 Å². The predicted molar refractivity (Wildman–Crippen MR) is 70.5 cm³/mol. The molecule has 0 radical (unpaired) electrons. The predicted octanol–water partition coefficient (Wildman–Crippen LogP) is 1.70. The Morgan fingerprint density at radius 1 is 1.16 bits per heavy atom. The van der Waals surface area contributed by atoms with E-state index in [2.05, 4.69) is 20.3 Å². The van der Waals surface area contributed by atoms with Gasteiger partial charge in [0.05, 0.1) is 11.9 Å². The number of rotatable bonds is 6. The second kappa shape index (κ2) is 5.75. The van der Waals surface area contributed by atoms with E-state index in [4.69, 9.17) is 4.74 Å². The number of hydrogen-bond acceptors (Lipinski definition) is 5. The van der Waals surface area contributed by atoms with Gasteiger partial charge in [0, 0.05) is 25.0 Å². The molecule has 1 aliphatic carbocycles. The van der Waals surface area contributed by atoms with Crippen molar-refractivity contribution in [2.75, 3.05) is 0 Å². The highest BCUT2D eigenvalue weighted by Gasteiger charge is 2.19. The molecule has 2 heterocycles. The van der Waals surface area contributed by atoms with E-state index >= 15 is 0 Å². The molecule has 0 amide bonds. The third-order valence-corrected chi connectivity index (χ3v) is 2.93. The van der Waals surface area contributed by atoms with Gasteiger partial charge in [-0.3, -0.25) is 4.98 Å². The van der Waals surface area contributed by atoms with Gasteiger partial charge >= 0.3 is 0 Å². The van der Waals surface area contributed by atoms with Crippen LogP contribution >= 0.6 is 0 Å². The van der Waals surface area contributed by atoms with Crippen LogP contribution in [0.3, 0.4) is 0 Å². The smallest absolute Gasteiger partial charge is 0.166 e. The zero-order valence-electron chi connectivity index (χ0n) is 10.6. The van der Waals surface area contributed by atoms with Crippen LogP contribution in [0.5, 0.6) is 5.75 Å². The molecule has 0 saturated heterocycles. The number of ether oxygens (including phenoxy) is 1. The van der Waals surface area contributed by atoms with Crippen LogP contribution in [0.15, 0.2) is 36.8 Å². The highest BCUT2D eigenvalue weighted by atomic mass is 16.5. The van der Waals surface area contributed by atoms with E-state index in [1.165, 1.54) is 12.8 Å². The molecule has 5 nitrogen and oxygen atoms in total. The number of hydrogen-bond donors (Lipinski definition) is 1. The summed E-state index contributed by atoms with van der Waals surface area (Å²) in [6, 6.07) is 6.40. The first-order chi connectivity index (χ1) is 9.40. The molecule has 1 N–H and O–H groups in total. The third kappa shape index (κ3) is 3.72. The van der Waals surface area contributed by atoms with E-state index in [9.17, 15) is 0 Å². The second-order valence-corrected chi connectivity index (χ2v) is 4.59. The molecule has 2 aromatic rings. The maximum Gasteiger partial charge on any atom is 0.166 e. The van der Waals surface area contributed by atoms with Crippen molar-refractivity contribution in [1.82, 2.24) is 20.3 Å². The van der Waals surface area contributed by atoms with Crippen LogP contribution < -0.4 is 10.1 Å². The summed E-state index contributed by atoms with van der Waals surface area (Å²) < 4.78 is 5.58. The average molecular weight is 256 g/mol. The normalized spacial score (nSPS) is 14.3. The van der Waals surface area contributed by atoms with Crippen LogP contribution in [0.1, 0.15) is 24.4 Å². The van der Waals surface area contributed by atoms with Crippen molar-refractivity contribution in [3.63, 3.8) is 0 Å². The van der Waals surface area contributed by atoms with E-state index in [0.717, 1.165) is 18.0 Å². The van der Waals surface area contributed by atoms with Gasteiger partial charge in [0.1, 0.15) is 12.4 Å². The molecule has 0 aliphatic heterocycles. The number of pyridine rings is 1. The van der Waals surface area contributed by atoms with Gasteiger partial charge in [-0.15, -0.1) is 0 Å². The van der Waals surface area contributed by atoms with E-state index < -0.39 is 0 Å². The minimum absolute atomic E-state index is 0.363. The Labute approximate surface area is 112 Å². The van der Waals surface area contributed by atoms with Crippen LogP contribution in [0, 0.1) is 0 Å². The van der Waals surface area contributed by atoms with Crippen molar-refractivity contribution in [2.24, 2.45) is 0 Å². The lowest BCUT2D eigenvalue weighted by molar-refractivity contribution is 0.294. The molecule has 3 rings (SSSR count). The van der Waals surface area contributed by atoms with Gasteiger partial charge in [0.2, 0.25) is 0 Å². The fourth-order valence-electron chi connectivity index (χ4n) is 1.69. The monoisotopic (exact) mass is 256 g/mol. The number of nitrogens with one attached hydrogen (secondary N) is 1. The van der Waals surface area contributed by atoms with Crippen molar-refractivity contribution in [2.45, 2.75) is 32.0 Å². The lowest BCUT2D eigenvalue weighted by atomic mass is 10.3. The molecule has 19 heavy (non-hydrogen) atoms. The fraction of sp³-hybridized carbons (Fsp3) is 0.357. The summed E-state index contributed by atoms with van der Waals surface area (Å²) in [5, 5.41) is 3.43. The van der Waals surface area contributed by atoms with Crippen molar-refractivity contribution in [1.29, 1.82) is 0 Å². The summed E-state index contributed by atoms with van der Waals surface area (Å²) >= 11 is 0. The lowest BCUT2D eigenvalue weighted by Gasteiger charge is -2.06. The molecule has 0 unspecified atom stereocenters.